The third kappa shape index (κ3) is 3.97. The summed E-state index contributed by atoms with van der Waals surface area (Å²) in [6.07, 6.45) is 6.02. The van der Waals surface area contributed by atoms with Crippen LogP contribution in [0.5, 0.6) is 0 Å². The number of amides is 1. The van der Waals surface area contributed by atoms with E-state index in [1.807, 2.05) is 17.0 Å². The smallest absolute Gasteiger partial charge is 0.243 e. The maximum Gasteiger partial charge on any atom is 0.243 e. The maximum atomic E-state index is 13.1. The Labute approximate surface area is 192 Å². The van der Waals surface area contributed by atoms with E-state index in [4.69, 9.17) is 0 Å². The van der Waals surface area contributed by atoms with Crippen LogP contribution in [0.4, 0.5) is 5.00 Å². The van der Waals surface area contributed by atoms with E-state index in [9.17, 15) is 18.5 Å². The second-order valence-electron chi connectivity index (χ2n) is 8.69. The molecule has 1 fully saturated rings. The number of sulfonamides is 1. The van der Waals surface area contributed by atoms with Crippen molar-refractivity contribution in [3.8, 4) is 6.07 Å². The number of nitriles is 1. The molecule has 2 aliphatic carbocycles. The van der Waals surface area contributed by atoms with Gasteiger partial charge in [0.05, 0.1) is 17.0 Å². The quantitative estimate of drug-likeness (QED) is 0.725. The zero-order valence-corrected chi connectivity index (χ0v) is 19.5. The molecule has 3 aliphatic rings. The van der Waals surface area contributed by atoms with Crippen molar-refractivity contribution in [2.45, 2.75) is 43.4 Å². The van der Waals surface area contributed by atoms with Crippen LogP contribution in [0.2, 0.25) is 0 Å². The number of hydrogen-bond donors (Lipinski definition) is 1. The van der Waals surface area contributed by atoms with Crippen molar-refractivity contribution in [3.05, 3.63) is 45.3 Å². The van der Waals surface area contributed by atoms with Gasteiger partial charge in [0.1, 0.15) is 11.1 Å². The minimum Gasteiger partial charge on any atom is -0.315 e. The zero-order chi connectivity index (χ0) is 22.3. The largest absolute Gasteiger partial charge is 0.315 e. The predicted octanol–water partition coefficient (Wildman–Crippen LogP) is 2.54. The monoisotopic (exact) mass is 470 g/mol. The molecule has 2 aromatic rings. The average molecular weight is 471 g/mol. The highest BCUT2D eigenvalue weighted by Gasteiger charge is 2.30. The number of carbonyl (C=O) groups excluding carboxylic acids is 1. The van der Waals surface area contributed by atoms with E-state index in [-0.39, 0.29) is 12.5 Å². The lowest BCUT2D eigenvalue weighted by Crippen LogP contribution is -2.50. The number of nitrogens with one attached hydrogen (secondary N) is 1. The van der Waals surface area contributed by atoms with Crippen molar-refractivity contribution in [1.29, 1.82) is 5.26 Å². The average Bonchev–Trinajstić information content (AvgIpc) is 3.49. The highest BCUT2D eigenvalue weighted by atomic mass is 32.2. The van der Waals surface area contributed by atoms with Crippen LogP contribution >= 0.6 is 11.3 Å². The predicted molar refractivity (Wildman–Crippen MR) is 123 cm³/mol. The molecule has 0 spiro atoms. The summed E-state index contributed by atoms with van der Waals surface area (Å²) in [5.41, 5.74) is 4.12. The van der Waals surface area contributed by atoms with Gasteiger partial charge in [-0.1, -0.05) is 6.07 Å². The summed E-state index contributed by atoms with van der Waals surface area (Å²) >= 11 is 1.51. The highest BCUT2D eigenvalue weighted by molar-refractivity contribution is 7.89. The fourth-order valence-electron chi connectivity index (χ4n) is 4.97. The Morgan fingerprint density at radius 1 is 1.06 bits per heavy atom. The first-order valence-corrected chi connectivity index (χ1v) is 13.4. The Morgan fingerprint density at radius 3 is 2.59 bits per heavy atom. The summed E-state index contributed by atoms with van der Waals surface area (Å²) < 4.78 is 27.7. The summed E-state index contributed by atoms with van der Waals surface area (Å²) in [6.45, 7) is 1.93. The molecule has 0 saturated carbocycles. The first-order valence-electron chi connectivity index (χ1n) is 11.1. The molecular weight excluding hydrogens is 444 g/mol. The maximum absolute atomic E-state index is 13.1. The van der Waals surface area contributed by atoms with Gasteiger partial charge in [0.15, 0.2) is 0 Å². The van der Waals surface area contributed by atoms with E-state index in [0.717, 1.165) is 49.7 Å². The number of hydrogen-bond acceptors (Lipinski definition) is 6. The molecule has 1 aromatic heterocycles. The third-order valence-corrected chi connectivity index (χ3v) is 9.79. The van der Waals surface area contributed by atoms with Gasteiger partial charge in [-0.25, -0.2) is 8.42 Å². The number of fused-ring (bicyclic) bond motifs is 2. The molecule has 0 radical (unpaired) electrons. The van der Waals surface area contributed by atoms with Crippen LogP contribution in [0.25, 0.3) is 0 Å². The van der Waals surface area contributed by atoms with Crippen LogP contribution in [-0.2, 0) is 40.5 Å². The van der Waals surface area contributed by atoms with E-state index in [2.05, 4.69) is 11.4 Å². The first kappa shape index (κ1) is 21.6. The van der Waals surface area contributed by atoms with E-state index in [0.29, 0.717) is 41.6 Å². The van der Waals surface area contributed by atoms with Crippen LogP contribution in [-0.4, -0.2) is 56.3 Å². The van der Waals surface area contributed by atoms with E-state index >= 15 is 0 Å². The molecule has 7 nitrogen and oxygen atoms in total. The van der Waals surface area contributed by atoms with E-state index in [1.165, 1.54) is 26.1 Å². The molecule has 1 aliphatic heterocycles. The molecular formula is C23H26N4O3S2. The molecule has 5 rings (SSSR count). The molecule has 2 heterocycles. The molecule has 32 heavy (non-hydrogen) atoms. The van der Waals surface area contributed by atoms with Crippen LogP contribution in [0.1, 0.15) is 40.0 Å². The van der Waals surface area contributed by atoms with Crippen LogP contribution in [0.3, 0.4) is 0 Å². The third-order valence-electron chi connectivity index (χ3n) is 6.69. The number of nitrogens with zero attached hydrogens (tertiary/aromatic N) is 3. The van der Waals surface area contributed by atoms with Gasteiger partial charge in [0, 0.05) is 31.1 Å². The Balaban J connectivity index is 1.18. The molecule has 1 amide bonds. The van der Waals surface area contributed by atoms with Crippen molar-refractivity contribution in [1.82, 2.24) is 9.21 Å². The van der Waals surface area contributed by atoms with Gasteiger partial charge >= 0.3 is 0 Å². The topological polar surface area (TPSA) is 93.5 Å². The number of carbonyl (C=O) groups is 1. The van der Waals surface area contributed by atoms with Gasteiger partial charge in [0.2, 0.25) is 15.9 Å². The molecule has 168 valence electrons. The van der Waals surface area contributed by atoms with Crippen LogP contribution in [0, 0.1) is 11.3 Å². The fraction of sp³-hybridized carbons (Fsp3) is 0.478. The van der Waals surface area contributed by atoms with Gasteiger partial charge in [-0.15, -0.1) is 11.3 Å². The highest BCUT2D eigenvalue weighted by Crippen LogP contribution is 2.38. The summed E-state index contributed by atoms with van der Waals surface area (Å²) in [7, 11) is -3.52. The van der Waals surface area contributed by atoms with Gasteiger partial charge < -0.3 is 5.32 Å². The Bertz CT molecular complexity index is 1200. The number of rotatable bonds is 5. The first-order chi connectivity index (χ1) is 15.5. The van der Waals surface area contributed by atoms with Crippen molar-refractivity contribution in [2.75, 3.05) is 38.0 Å². The SMILES string of the molecule is N#Cc1c(NC(=O)CN2CCN(S(=O)(=O)c3ccc4c(c3)CCC4)CC2)sc2c1CCC2. The molecule has 0 bridgehead atoms. The van der Waals surface area contributed by atoms with Crippen molar-refractivity contribution < 1.29 is 13.2 Å². The Kier molecular flexibility index (Phi) is 5.80. The lowest BCUT2D eigenvalue weighted by atomic mass is 10.1. The zero-order valence-electron chi connectivity index (χ0n) is 17.9. The number of piperazine rings is 1. The molecule has 0 atom stereocenters. The number of benzene rings is 1. The number of anilines is 1. The normalized spacial score (nSPS) is 18.8. The molecule has 9 heteroatoms. The van der Waals surface area contributed by atoms with Crippen molar-refractivity contribution in [3.63, 3.8) is 0 Å². The molecule has 0 unspecified atom stereocenters. The van der Waals surface area contributed by atoms with Gasteiger partial charge in [-0.05, 0) is 67.3 Å². The van der Waals surface area contributed by atoms with Crippen molar-refractivity contribution in [2.24, 2.45) is 0 Å². The Hall–Kier alpha value is -2.25. The molecule has 1 N–H and O–H groups in total. The number of thiophene rings is 1. The number of aryl methyl sites for hydroxylation is 3. The van der Waals surface area contributed by atoms with E-state index in [1.54, 1.807) is 6.07 Å². The van der Waals surface area contributed by atoms with Gasteiger partial charge in [-0.3, -0.25) is 9.69 Å². The van der Waals surface area contributed by atoms with E-state index < -0.39 is 10.0 Å². The van der Waals surface area contributed by atoms with Gasteiger partial charge in [-0.2, -0.15) is 9.57 Å². The second kappa shape index (κ2) is 8.60. The van der Waals surface area contributed by atoms with Crippen molar-refractivity contribution >= 4 is 32.3 Å². The molecule has 1 aromatic carbocycles. The lowest BCUT2D eigenvalue weighted by molar-refractivity contribution is -0.117. The summed E-state index contributed by atoms with van der Waals surface area (Å²) in [5, 5.41) is 13.1. The van der Waals surface area contributed by atoms with Crippen LogP contribution < -0.4 is 5.32 Å². The fourth-order valence-corrected chi connectivity index (χ4v) is 7.69. The minimum absolute atomic E-state index is 0.156. The summed E-state index contributed by atoms with van der Waals surface area (Å²) in [6, 6.07) is 7.76. The second-order valence-corrected chi connectivity index (χ2v) is 11.7. The minimum atomic E-state index is -3.52. The standard InChI is InChI=1S/C23H26N4O3S2/c24-14-20-19-5-2-6-21(19)31-23(20)25-22(28)15-26-9-11-27(12-10-26)32(29,30)18-8-7-16-3-1-4-17(16)13-18/h7-8,13H,1-6,9-12,15H2,(H,25,28). The summed E-state index contributed by atoms with van der Waals surface area (Å²) in [5.74, 6) is -0.156. The van der Waals surface area contributed by atoms with Gasteiger partial charge in [0.25, 0.3) is 0 Å². The Morgan fingerprint density at radius 2 is 1.81 bits per heavy atom. The lowest BCUT2D eigenvalue weighted by Gasteiger charge is -2.33. The molecule has 1 saturated heterocycles. The van der Waals surface area contributed by atoms with Crippen LogP contribution in [0.15, 0.2) is 23.1 Å². The summed E-state index contributed by atoms with van der Waals surface area (Å²) in [4.78, 5) is 16.2.